The summed E-state index contributed by atoms with van der Waals surface area (Å²) in [6.45, 7) is 2.70. The number of likely N-dealkylation sites (tertiary alicyclic amines) is 1. The van der Waals surface area contributed by atoms with E-state index in [1.807, 2.05) is 35.7 Å². The molecule has 0 radical (unpaired) electrons. The Morgan fingerprint density at radius 1 is 1.22 bits per heavy atom. The topological polar surface area (TPSA) is 32.3 Å². The van der Waals surface area contributed by atoms with Crippen LogP contribution in [0.5, 0.6) is 0 Å². The van der Waals surface area contributed by atoms with E-state index in [1.165, 1.54) is 24.2 Å². The lowest BCUT2D eigenvalue weighted by Crippen LogP contribution is -2.36. The number of hydrogen-bond acceptors (Lipinski definition) is 3. The molecular weight excluding hydrogens is 351 g/mol. The Labute approximate surface area is 152 Å². The lowest BCUT2D eigenvalue weighted by atomic mass is 10.1. The van der Waals surface area contributed by atoms with Gasteiger partial charge in [0, 0.05) is 11.6 Å². The normalized spacial score (nSPS) is 15.9. The van der Waals surface area contributed by atoms with Crippen molar-refractivity contribution in [3.63, 3.8) is 0 Å². The average molecular weight is 371 g/mol. The zero-order chi connectivity index (χ0) is 15.4. The molecule has 1 aliphatic heterocycles. The second-order valence-electron chi connectivity index (χ2n) is 5.47. The van der Waals surface area contributed by atoms with Crippen molar-refractivity contribution in [2.24, 2.45) is 0 Å². The van der Waals surface area contributed by atoms with E-state index in [4.69, 9.17) is 11.6 Å². The number of rotatable bonds is 5. The molecule has 2 aromatic rings. The van der Waals surface area contributed by atoms with Gasteiger partial charge in [0.2, 0.25) is 0 Å². The highest BCUT2D eigenvalue weighted by molar-refractivity contribution is 7.12. The summed E-state index contributed by atoms with van der Waals surface area (Å²) in [7, 11) is 0. The first-order valence-corrected chi connectivity index (χ1v) is 8.81. The average Bonchev–Trinajstić information content (AvgIpc) is 3.22. The number of nitrogens with zero attached hydrogens (tertiary/aromatic N) is 1. The first-order valence-electron chi connectivity index (χ1n) is 7.56. The molecule has 3 rings (SSSR count). The van der Waals surface area contributed by atoms with Crippen LogP contribution in [0, 0.1) is 0 Å². The van der Waals surface area contributed by atoms with Gasteiger partial charge in [0.25, 0.3) is 5.91 Å². The molecule has 1 aliphatic rings. The van der Waals surface area contributed by atoms with Gasteiger partial charge in [-0.1, -0.05) is 35.9 Å². The van der Waals surface area contributed by atoms with Gasteiger partial charge in [0.1, 0.15) is 0 Å². The largest absolute Gasteiger partial charge is 0.349 e. The molecule has 1 amide bonds. The predicted molar refractivity (Wildman–Crippen MR) is 98.9 cm³/mol. The Kier molecular flexibility index (Phi) is 6.90. The third-order valence-corrected chi connectivity index (χ3v) is 5.26. The number of thiophene rings is 1. The quantitative estimate of drug-likeness (QED) is 0.846. The van der Waals surface area contributed by atoms with Crippen LogP contribution in [0.3, 0.4) is 0 Å². The molecule has 1 saturated heterocycles. The SMILES string of the molecule is Cl.O=C(NCC(c1ccccc1Cl)N1CCCC1)c1cccs1. The molecule has 1 aromatic carbocycles. The van der Waals surface area contributed by atoms with Crippen LogP contribution in [0.1, 0.15) is 34.1 Å². The zero-order valence-corrected chi connectivity index (χ0v) is 15.1. The number of hydrogen-bond donors (Lipinski definition) is 1. The molecule has 0 bridgehead atoms. The van der Waals surface area contributed by atoms with Crippen molar-refractivity contribution >= 4 is 41.3 Å². The first kappa shape index (κ1) is 18.3. The van der Waals surface area contributed by atoms with Crippen LogP contribution in [-0.4, -0.2) is 30.4 Å². The monoisotopic (exact) mass is 370 g/mol. The third-order valence-electron chi connectivity index (χ3n) is 4.05. The maximum atomic E-state index is 12.2. The molecule has 0 saturated carbocycles. The summed E-state index contributed by atoms with van der Waals surface area (Å²) in [5, 5.41) is 5.74. The van der Waals surface area contributed by atoms with Gasteiger partial charge in [-0.15, -0.1) is 23.7 Å². The van der Waals surface area contributed by atoms with E-state index in [0.717, 1.165) is 28.6 Å². The van der Waals surface area contributed by atoms with Crippen molar-refractivity contribution in [2.75, 3.05) is 19.6 Å². The minimum absolute atomic E-state index is 0. The Balaban J connectivity index is 0.00000192. The van der Waals surface area contributed by atoms with Crippen molar-refractivity contribution in [1.29, 1.82) is 0 Å². The van der Waals surface area contributed by atoms with Crippen molar-refractivity contribution in [3.05, 3.63) is 57.2 Å². The van der Waals surface area contributed by atoms with Crippen molar-refractivity contribution in [1.82, 2.24) is 10.2 Å². The van der Waals surface area contributed by atoms with E-state index in [1.54, 1.807) is 0 Å². The van der Waals surface area contributed by atoms with E-state index in [2.05, 4.69) is 16.3 Å². The Bertz CT molecular complexity index is 627. The molecule has 1 aromatic heterocycles. The maximum absolute atomic E-state index is 12.2. The summed E-state index contributed by atoms with van der Waals surface area (Å²) < 4.78 is 0. The molecule has 1 unspecified atom stereocenters. The van der Waals surface area contributed by atoms with Gasteiger partial charge in [-0.25, -0.2) is 0 Å². The molecule has 3 nitrogen and oxygen atoms in total. The molecule has 23 heavy (non-hydrogen) atoms. The van der Waals surface area contributed by atoms with Crippen molar-refractivity contribution < 1.29 is 4.79 Å². The van der Waals surface area contributed by atoms with E-state index in [0.29, 0.717) is 6.54 Å². The zero-order valence-electron chi connectivity index (χ0n) is 12.7. The maximum Gasteiger partial charge on any atom is 0.261 e. The summed E-state index contributed by atoms with van der Waals surface area (Å²) in [5.41, 5.74) is 1.09. The number of carbonyl (C=O) groups excluding carboxylic acids is 1. The van der Waals surface area contributed by atoms with Gasteiger partial charge >= 0.3 is 0 Å². The minimum atomic E-state index is -0.00810. The van der Waals surface area contributed by atoms with Gasteiger partial charge in [0.05, 0.1) is 10.9 Å². The highest BCUT2D eigenvalue weighted by Crippen LogP contribution is 2.29. The highest BCUT2D eigenvalue weighted by atomic mass is 35.5. The van der Waals surface area contributed by atoms with E-state index in [9.17, 15) is 4.79 Å². The number of halogens is 2. The van der Waals surface area contributed by atoms with Crippen LogP contribution in [-0.2, 0) is 0 Å². The standard InChI is InChI=1S/C17H19ClN2OS.ClH/c18-14-7-2-1-6-13(14)15(20-9-3-4-10-20)12-19-17(21)16-8-5-11-22-16;/h1-2,5-8,11,15H,3-4,9-10,12H2,(H,19,21);1H. The predicted octanol–water partition coefficient (Wildman–Crippen LogP) is 4.39. The molecular formula is C17H20Cl2N2OS. The Morgan fingerprint density at radius 2 is 1.96 bits per heavy atom. The summed E-state index contributed by atoms with van der Waals surface area (Å²) in [6.07, 6.45) is 2.42. The summed E-state index contributed by atoms with van der Waals surface area (Å²) >= 11 is 7.84. The van der Waals surface area contributed by atoms with Gasteiger partial charge < -0.3 is 5.32 Å². The lowest BCUT2D eigenvalue weighted by molar-refractivity contribution is 0.0942. The van der Waals surface area contributed by atoms with Crippen LogP contribution < -0.4 is 5.32 Å². The molecule has 0 aliphatic carbocycles. The molecule has 1 N–H and O–H groups in total. The van der Waals surface area contributed by atoms with E-state index < -0.39 is 0 Å². The smallest absolute Gasteiger partial charge is 0.261 e. The first-order chi connectivity index (χ1) is 10.8. The minimum Gasteiger partial charge on any atom is -0.349 e. The second kappa shape index (κ2) is 8.69. The number of amides is 1. The number of carbonyl (C=O) groups is 1. The van der Waals surface area contributed by atoms with E-state index in [-0.39, 0.29) is 24.4 Å². The van der Waals surface area contributed by atoms with Crippen LogP contribution >= 0.6 is 35.3 Å². The van der Waals surface area contributed by atoms with Crippen molar-refractivity contribution in [2.45, 2.75) is 18.9 Å². The van der Waals surface area contributed by atoms with Crippen LogP contribution in [0.15, 0.2) is 41.8 Å². The summed E-state index contributed by atoms with van der Waals surface area (Å²) in [6, 6.07) is 11.8. The molecule has 1 atom stereocenters. The van der Waals surface area contributed by atoms with Crippen LogP contribution in [0.25, 0.3) is 0 Å². The Hall–Kier alpha value is -1.07. The third kappa shape index (κ3) is 4.48. The Morgan fingerprint density at radius 3 is 2.61 bits per heavy atom. The van der Waals surface area contributed by atoms with Gasteiger partial charge in [0.15, 0.2) is 0 Å². The van der Waals surface area contributed by atoms with Crippen LogP contribution in [0.2, 0.25) is 5.02 Å². The van der Waals surface area contributed by atoms with Crippen molar-refractivity contribution in [3.8, 4) is 0 Å². The van der Waals surface area contributed by atoms with Gasteiger partial charge in [-0.3, -0.25) is 9.69 Å². The molecule has 124 valence electrons. The fraction of sp³-hybridized carbons (Fsp3) is 0.353. The fourth-order valence-corrected chi connectivity index (χ4v) is 3.82. The van der Waals surface area contributed by atoms with Gasteiger partial charge in [-0.2, -0.15) is 0 Å². The molecule has 1 fully saturated rings. The highest BCUT2D eigenvalue weighted by Gasteiger charge is 2.25. The van der Waals surface area contributed by atoms with Crippen LogP contribution in [0.4, 0.5) is 0 Å². The van der Waals surface area contributed by atoms with Gasteiger partial charge in [-0.05, 0) is 49.0 Å². The lowest BCUT2D eigenvalue weighted by Gasteiger charge is -2.28. The molecule has 2 heterocycles. The second-order valence-corrected chi connectivity index (χ2v) is 6.82. The molecule has 0 spiro atoms. The summed E-state index contributed by atoms with van der Waals surface area (Å²) in [5.74, 6) is -0.00810. The molecule has 6 heteroatoms. The fourth-order valence-electron chi connectivity index (χ4n) is 2.92. The van der Waals surface area contributed by atoms with E-state index >= 15 is 0 Å². The summed E-state index contributed by atoms with van der Waals surface area (Å²) in [4.78, 5) is 15.4. The number of benzene rings is 1. The number of nitrogens with one attached hydrogen (secondary N) is 1.